The Kier molecular flexibility index (Phi) is 8.60. The summed E-state index contributed by atoms with van der Waals surface area (Å²) in [6.45, 7) is 6.25. The highest BCUT2D eigenvalue weighted by atomic mass is 16.4. The van der Waals surface area contributed by atoms with Gasteiger partial charge >= 0.3 is 5.97 Å². The predicted molar refractivity (Wildman–Crippen MR) is 152 cm³/mol. The number of piperidine rings is 1. The van der Waals surface area contributed by atoms with Gasteiger partial charge in [-0.05, 0) is 74.8 Å². The Morgan fingerprint density at radius 3 is 2.26 bits per heavy atom. The van der Waals surface area contributed by atoms with Crippen LogP contribution in [-0.2, 0) is 16.0 Å². The second-order valence-corrected chi connectivity index (χ2v) is 10.7. The predicted octanol–water partition coefficient (Wildman–Crippen LogP) is 3.63. The number of carbonyl (C=O) groups excluding carboxylic acids is 1. The second-order valence-electron chi connectivity index (χ2n) is 10.7. The first kappa shape index (κ1) is 28.2. The van der Waals surface area contributed by atoms with E-state index in [1.165, 1.54) is 12.6 Å². The number of nitrogens with zero attached hydrogens (tertiary/aromatic N) is 2. The van der Waals surface area contributed by atoms with E-state index >= 15 is 0 Å². The molecule has 0 aromatic heterocycles. The van der Waals surface area contributed by atoms with Crippen LogP contribution in [-0.4, -0.2) is 64.3 Å². The van der Waals surface area contributed by atoms with Crippen LogP contribution >= 0.6 is 0 Å². The van der Waals surface area contributed by atoms with Crippen LogP contribution in [0.15, 0.2) is 65.0 Å². The Morgan fingerprint density at radius 2 is 1.69 bits per heavy atom. The van der Waals surface area contributed by atoms with Crippen LogP contribution < -0.4 is 15.5 Å². The zero-order valence-corrected chi connectivity index (χ0v) is 22.8. The van der Waals surface area contributed by atoms with Gasteiger partial charge in [0.25, 0.3) is 5.91 Å². The fourth-order valence-corrected chi connectivity index (χ4v) is 5.28. The molecule has 0 saturated carbocycles. The lowest BCUT2D eigenvalue weighted by molar-refractivity contribution is -0.138. The number of carboxylic acids is 1. The normalized spacial score (nSPS) is 20.7. The van der Waals surface area contributed by atoms with E-state index < -0.39 is 24.0 Å². The van der Waals surface area contributed by atoms with Crippen LogP contribution in [0.1, 0.15) is 45.6 Å². The average molecular weight is 535 g/mol. The maximum Gasteiger partial charge on any atom is 0.322 e. The quantitative estimate of drug-likeness (QED) is 0.332. The van der Waals surface area contributed by atoms with Gasteiger partial charge in [-0.15, -0.1) is 0 Å². The molecule has 9 heteroatoms. The number of aliphatic imine (C=N–C) groups is 1. The van der Waals surface area contributed by atoms with Crippen molar-refractivity contribution in [2.24, 2.45) is 10.9 Å². The molecule has 1 amide bonds. The molecule has 0 spiro atoms. The number of benzene rings is 2. The van der Waals surface area contributed by atoms with Gasteiger partial charge in [0.05, 0.1) is 11.8 Å². The fraction of sp³-hybridized carbons (Fsp3) is 0.433. The van der Waals surface area contributed by atoms with Gasteiger partial charge in [-0.3, -0.25) is 9.59 Å². The molecule has 1 unspecified atom stereocenters. The number of hydrogen-bond acceptors (Lipinski definition) is 7. The Hall–Kier alpha value is -3.85. The van der Waals surface area contributed by atoms with Crippen LogP contribution in [0.3, 0.4) is 0 Å². The van der Waals surface area contributed by atoms with Crippen molar-refractivity contribution in [1.29, 1.82) is 0 Å². The number of anilines is 1. The molecular weight excluding hydrogens is 496 g/mol. The van der Waals surface area contributed by atoms with Gasteiger partial charge in [0.15, 0.2) is 5.54 Å². The second kappa shape index (κ2) is 11.9. The molecule has 2 aromatic rings. The molecule has 1 fully saturated rings. The van der Waals surface area contributed by atoms with Gasteiger partial charge in [0.1, 0.15) is 18.1 Å². The summed E-state index contributed by atoms with van der Waals surface area (Å²) in [5.74, 6) is -1.01. The van der Waals surface area contributed by atoms with Crippen molar-refractivity contribution >= 4 is 23.4 Å². The Labute approximate surface area is 229 Å². The Morgan fingerprint density at radius 1 is 1.10 bits per heavy atom. The monoisotopic (exact) mass is 534 g/mol. The Bertz CT molecular complexity index is 1250. The largest absolute Gasteiger partial charge is 0.507 e. The maximum absolute atomic E-state index is 12.7. The van der Waals surface area contributed by atoms with E-state index in [-0.39, 0.29) is 11.9 Å². The number of aliphatic hydroxyl groups is 2. The van der Waals surface area contributed by atoms with Gasteiger partial charge < -0.3 is 30.9 Å². The van der Waals surface area contributed by atoms with E-state index in [9.17, 15) is 19.8 Å². The van der Waals surface area contributed by atoms with Crippen molar-refractivity contribution in [2.45, 2.75) is 58.1 Å². The van der Waals surface area contributed by atoms with E-state index in [1.807, 2.05) is 0 Å². The first-order chi connectivity index (χ1) is 18.5. The number of hydrogen-bond donors (Lipinski definition) is 5. The smallest absolute Gasteiger partial charge is 0.322 e. The summed E-state index contributed by atoms with van der Waals surface area (Å²) in [6.07, 6.45) is 2.87. The summed E-state index contributed by atoms with van der Waals surface area (Å²) in [7, 11) is 0. The molecule has 2 aliphatic heterocycles. The van der Waals surface area contributed by atoms with Crippen LogP contribution in [0.25, 0.3) is 11.1 Å². The minimum Gasteiger partial charge on any atom is -0.507 e. The van der Waals surface area contributed by atoms with Crippen molar-refractivity contribution in [3.05, 3.63) is 65.6 Å². The summed E-state index contributed by atoms with van der Waals surface area (Å²) in [4.78, 5) is 30.4. The number of nitrogens with one attached hydrogen (secondary N) is 2. The highest BCUT2D eigenvalue weighted by Gasteiger charge is 2.42. The summed E-state index contributed by atoms with van der Waals surface area (Å²) in [6, 6.07) is 16.9. The summed E-state index contributed by atoms with van der Waals surface area (Å²) in [5.41, 5.74) is 3.50. The SMILES string of the molecule is CC1=C(O)C(C)(C(=O)NCC(=O)O)N=C(CC2CCN(c3ccc(-c4ccc(C[C@@H](C)O)cc4)cc3)CC2)N1. The third kappa shape index (κ3) is 6.78. The van der Waals surface area contributed by atoms with Gasteiger partial charge in [-0.1, -0.05) is 36.4 Å². The molecule has 2 aromatic carbocycles. The number of rotatable bonds is 9. The number of aliphatic carboxylic acids is 1. The maximum atomic E-state index is 12.7. The number of carbonyl (C=O) groups is 2. The number of amidine groups is 1. The average Bonchev–Trinajstić information content (AvgIpc) is 2.91. The molecule has 1 saturated heterocycles. The van der Waals surface area contributed by atoms with E-state index in [0.717, 1.165) is 42.6 Å². The first-order valence-electron chi connectivity index (χ1n) is 13.4. The number of aliphatic hydroxyl groups excluding tert-OH is 2. The van der Waals surface area contributed by atoms with Crippen molar-refractivity contribution in [1.82, 2.24) is 10.6 Å². The van der Waals surface area contributed by atoms with E-state index in [0.29, 0.717) is 30.3 Å². The van der Waals surface area contributed by atoms with Gasteiger partial charge in [-0.25, -0.2) is 4.99 Å². The summed E-state index contributed by atoms with van der Waals surface area (Å²) < 4.78 is 0. The number of carboxylic acid groups (broad SMARTS) is 1. The topological polar surface area (TPSA) is 134 Å². The minimum absolute atomic E-state index is 0.205. The fourth-order valence-electron chi connectivity index (χ4n) is 5.28. The minimum atomic E-state index is -1.56. The highest BCUT2D eigenvalue weighted by molar-refractivity contribution is 5.97. The molecule has 2 aliphatic rings. The molecule has 0 aliphatic carbocycles. The molecule has 0 bridgehead atoms. The molecule has 5 N–H and O–H groups in total. The number of allylic oxidation sites excluding steroid dienone is 1. The zero-order chi connectivity index (χ0) is 28.2. The van der Waals surface area contributed by atoms with Gasteiger partial charge in [0.2, 0.25) is 0 Å². The number of amides is 1. The lowest BCUT2D eigenvalue weighted by atomic mass is 9.90. The van der Waals surface area contributed by atoms with Crippen molar-refractivity contribution in [3.8, 4) is 11.1 Å². The molecule has 2 atom stereocenters. The zero-order valence-electron chi connectivity index (χ0n) is 22.8. The molecule has 9 nitrogen and oxygen atoms in total. The Balaban J connectivity index is 1.34. The molecule has 39 heavy (non-hydrogen) atoms. The van der Waals surface area contributed by atoms with E-state index in [2.05, 4.69) is 69.1 Å². The standard InChI is InChI=1S/C30H38N4O5/c1-19(35)16-21-4-6-23(7-5-21)24-8-10-25(11-9-24)34-14-12-22(13-15-34)17-26-32-20(2)28(38)30(3,33-26)29(39)31-18-27(36)37/h4-11,19,22,35,38H,12-18H2,1-3H3,(H,31,39)(H,32,33)(H,36,37)/t19-,30?/m1/s1. The van der Waals surface area contributed by atoms with Crippen molar-refractivity contribution < 1.29 is 24.9 Å². The molecule has 208 valence electrons. The van der Waals surface area contributed by atoms with Crippen LogP contribution in [0.4, 0.5) is 5.69 Å². The third-order valence-electron chi connectivity index (χ3n) is 7.50. The lowest BCUT2D eigenvalue weighted by Gasteiger charge is -2.35. The molecular formula is C30H38N4O5. The first-order valence-corrected chi connectivity index (χ1v) is 13.4. The van der Waals surface area contributed by atoms with Crippen molar-refractivity contribution in [3.63, 3.8) is 0 Å². The van der Waals surface area contributed by atoms with E-state index in [1.54, 1.807) is 13.8 Å². The van der Waals surface area contributed by atoms with Gasteiger partial charge in [-0.2, -0.15) is 0 Å². The molecule has 2 heterocycles. The van der Waals surface area contributed by atoms with E-state index in [4.69, 9.17) is 5.11 Å². The summed E-state index contributed by atoms with van der Waals surface area (Å²) in [5, 5.41) is 34.5. The van der Waals surface area contributed by atoms with Crippen LogP contribution in [0.5, 0.6) is 0 Å². The van der Waals surface area contributed by atoms with Crippen LogP contribution in [0, 0.1) is 5.92 Å². The molecule has 4 rings (SSSR count). The van der Waals surface area contributed by atoms with Crippen LogP contribution in [0.2, 0.25) is 0 Å². The van der Waals surface area contributed by atoms with Crippen molar-refractivity contribution in [2.75, 3.05) is 24.5 Å². The molecule has 0 radical (unpaired) electrons. The highest BCUT2D eigenvalue weighted by Crippen LogP contribution is 2.31. The summed E-state index contributed by atoms with van der Waals surface area (Å²) >= 11 is 0. The van der Waals surface area contributed by atoms with Gasteiger partial charge in [0, 0.05) is 25.2 Å². The third-order valence-corrected chi connectivity index (χ3v) is 7.50. The lowest BCUT2D eigenvalue weighted by Crippen LogP contribution is -2.51.